The molecule has 1 heterocycles. The van der Waals surface area contributed by atoms with Crippen LogP contribution in [0.5, 0.6) is 0 Å². The quantitative estimate of drug-likeness (QED) is 0.631. The van der Waals surface area contributed by atoms with Gasteiger partial charge in [-0.1, -0.05) is 35.0 Å². The monoisotopic (exact) mass is 400 g/mol. The van der Waals surface area contributed by atoms with Crippen molar-refractivity contribution in [3.63, 3.8) is 0 Å². The molecule has 2 rings (SSSR count). The number of amides is 1. The summed E-state index contributed by atoms with van der Waals surface area (Å²) in [7, 11) is 0. The van der Waals surface area contributed by atoms with Crippen LogP contribution in [0.3, 0.4) is 0 Å². The Morgan fingerprint density at radius 2 is 1.68 bits per heavy atom. The maximum Gasteiger partial charge on any atom is 0.490 e. The number of hydrogen-bond donors (Lipinski definition) is 3. The topological polar surface area (TPSA) is 120 Å². The molecule has 0 fully saturated rings. The lowest BCUT2D eigenvalue weighted by molar-refractivity contribution is -0.753. The number of nitrogens with one attached hydrogen (secondary N) is 1. The highest BCUT2D eigenvalue weighted by molar-refractivity contribution is 5.93. The van der Waals surface area contributed by atoms with Crippen LogP contribution in [-0.2, 0) is 22.7 Å². The van der Waals surface area contributed by atoms with Crippen LogP contribution >= 0.6 is 0 Å². The summed E-state index contributed by atoms with van der Waals surface area (Å²) in [4.78, 5) is 31.3. The number of aryl methyl sites for hydroxylation is 1. The van der Waals surface area contributed by atoms with Crippen LogP contribution in [0.1, 0.15) is 22.3 Å². The number of aromatic nitrogens is 2. The zero-order chi connectivity index (χ0) is 21.2. The van der Waals surface area contributed by atoms with Gasteiger partial charge in [-0.05, 0) is 10.7 Å². The Bertz CT molecular complexity index is 796. The lowest BCUT2D eigenvalue weighted by atomic mass is 10.2. The SMILES string of the molecule is O=C(O)C(F)(F)F.O=C(O)CC[n+]1ccc(C(=O)NCc2ccccc2)cn1. The highest BCUT2D eigenvalue weighted by Gasteiger charge is 2.38. The van der Waals surface area contributed by atoms with Crippen molar-refractivity contribution in [3.8, 4) is 0 Å². The van der Waals surface area contributed by atoms with Gasteiger partial charge in [0.15, 0.2) is 12.7 Å². The third-order valence-corrected chi connectivity index (χ3v) is 3.13. The second-order valence-corrected chi connectivity index (χ2v) is 5.29. The van der Waals surface area contributed by atoms with Crippen molar-refractivity contribution >= 4 is 17.8 Å². The Labute approximate surface area is 157 Å². The maximum atomic E-state index is 11.9. The number of carbonyl (C=O) groups is 3. The molecular formula is C17H17F3N3O5+. The van der Waals surface area contributed by atoms with E-state index in [1.807, 2.05) is 30.3 Å². The lowest BCUT2D eigenvalue weighted by Gasteiger charge is -2.04. The molecule has 0 radical (unpaired) electrons. The Hall–Kier alpha value is -3.50. The van der Waals surface area contributed by atoms with Crippen molar-refractivity contribution in [1.29, 1.82) is 0 Å². The summed E-state index contributed by atoms with van der Waals surface area (Å²) in [5, 5.41) is 22.5. The number of hydrogen-bond acceptors (Lipinski definition) is 4. The van der Waals surface area contributed by atoms with Crippen LogP contribution in [0, 0.1) is 0 Å². The molecule has 8 nitrogen and oxygen atoms in total. The molecule has 1 aromatic heterocycles. The van der Waals surface area contributed by atoms with Gasteiger partial charge in [-0.3, -0.25) is 9.59 Å². The predicted octanol–water partition coefficient (Wildman–Crippen LogP) is 1.41. The third-order valence-electron chi connectivity index (χ3n) is 3.13. The largest absolute Gasteiger partial charge is 0.490 e. The fourth-order valence-electron chi connectivity index (χ4n) is 1.74. The predicted molar refractivity (Wildman–Crippen MR) is 88.0 cm³/mol. The Kier molecular flexibility index (Phi) is 8.53. The molecule has 2 aromatic rings. The van der Waals surface area contributed by atoms with Crippen molar-refractivity contribution in [1.82, 2.24) is 10.4 Å². The Morgan fingerprint density at radius 1 is 1.07 bits per heavy atom. The first-order chi connectivity index (χ1) is 13.1. The van der Waals surface area contributed by atoms with Gasteiger partial charge in [0.25, 0.3) is 5.91 Å². The van der Waals surface area contributed by atoms with Crippen molar-refractivity contribution in [2.75, 3.05) is 0 Å². The van der Waals surface area contributed by atoms with Gasteiger partial charge in [-0.25, -0.2) is 4.79 Å². The minimum absolute atomic E-state index is 0.00276. The molecule has 0 saturated heterocycles. The molecule has 1 amide bonds. The summed E-state index contributed by atoms with van der Waals surface area (Å²) in [6.45, 7) is 0.731. The molecule has 3 N–H and O–H groups in total. The van der Waals surface area contributed by atoms with E-state index in [0.29, 0.717) is 12.1 Å². The molecule has 0 aliphatic carbocycles. The zero-order valence-electron chi connectivity index (χ0n) is 14.4. The van der Waals surface area contributed by atoms with Crippen LogP contribution in [0.4, 0.5) is 13.2 Å². The van der Waals surface area contributed by atoms with Crippen LogP contribution in [0.15, 0.2) is 48.8 Å². The molecule has 0 saturated carbocycles. The second-order valence-electron chi connectivity index (χ2n) is 5.29. The molecule has 0 unspecified atom stereocenters. The number of benzene rings is 1. The number of rotatable bonds is 6. The van der Waals surface area contributed by atoms with Crippen molar-refractivity contribution in [2.45, 2.75) is 25.7 Å². The molecular weight excluding hydrogens is 383 g/mol. The van der Waals surface area contributed by atoms with Gasteiger partial charge in [0, 0.05) is 12.6 Å². The van der Waals surface area contributed by atoms with E-state index in [0.717, 1.165) is 5.56 Å². The minimum atomic E-state index is -5.08. The fraction of sp³-hybridized carbons (Fsp3) is 0.235. The number of carbonyl (C=O) groups excluding carboxylic acids is 1. The first kappa shape index (κ1) is 22.5. The van der Waals surface area contributed by atoms with Crippen LogP contribution in [-0.4, -0.2) is 39.3 Å². The van der Waals surface area contributed by atoms with E-state index in [1.54, 1.807) is 12.3 Å². The van der Waals surface area contributed by atoms with E-state index < -0.39 is 18.1 Å². The number of carboxylic acid groups (broad SMARTS) is 2. The van der Waals surface area contributed by atoms with Gasteiger partial charge < -0.3 is 15.5 Å². The summed E-state index contributed by atoms with van der Waals surface area (Å²) in [6.07, 6.45) is -2.06. The summed E-state index contributed by atoms with van der Waals surface area (Å²) in [5.41, 5.74) is 1.46. The molecule has 0 spiro atoms. The molecule has 11 heteroatoms. The van der Waals surface area contributed by atoms with Gasteiger partial charge in [0.1, 0.15) is 12.6 Å². The summed E-state index contributed by atoms with van der Waals surface area (Å²) in [5.74, 6) is -3.85. The maximum absolute atomic E-state index is 11.9. The summed E-state index contributed by atoms with van der Waals surface area (Å²) in [6, 6.07) is 11.2. The normalized spacial score (nSPS) is 10.4. The van der Waals surface area contributed by atoms with E-state index in [4.69, 9.17) is 15.0 Å². The van der Waals surface area contributed by atoms with Gasteiger partial charge in [-0.2, -0.15) is 13.2 Å². The highest BCUT2D eigenvalue weighted by atomic mass is 19.4. The molecule has 0 aliphatic heterocycles. The van der Waals surface area contributed by atoms with E-state index in [1.165, 1.54) is 10.9 Å². The second kappa shape index (κ2) is 10.6. The van der Waals surface area contributed by atoms with Crippen LogP contribution < -0.4 is 10.00 Å². The molecule has 0 bridgehead atoms. The van der Waals surface area contributed by atoms with Crippen molar-refractivity contribution < 1.29 is 42.4 Å². The summed E-state index contributed by atoms with van der Waals surface area (Å²) >= 11 is 0. The molecule has 0 aliphatic rings. The number of nitrogens with zero attached hydrogens (tertiary/aromatic N) is 2. The standard InChI is InChI=1S/C15H15N3O3.C2HF3O2/c19-14(20)7-9-18-8-6-13(11-17-18)15(21)16-10-12-4-2-1-3-5-12;3-2(4,5)1(6)7/h1-6,8,11H,7,9-10H2,(H-,16,19,20,21);(H,6,7)/p+1. The number of carboxylic acids is 2. The smallest absolute Gasteiger partial charge is 0.481 e. The number of aliphatic carboxylic acids is 2. The highest BCUT2D eigenvalue weighted by Crippen LogP contribution is 2.13. The minimum Gasteiger partial charge on any atom is -0.481 e. The van der Waals surface area contributed by atoms with Gasteiger partial charge in [-0.15, -0.1) is 0 Å². The average molecular weight is 400 g/mol. The van der Waals surface area contributed by atoms with E-state index in [2.05, 4.69) is 10.4 Å². The van der Waals surface area contributed by atoms with Crippen LogP contribution in [0.25, 0.3) is 0 Å². The first-order valence-electron chi connectivity index (χ1n) is 7.79. The van der Waals surface area contributed by atoms with E-state index in [9.17, 15) is 22.8 Å². The van der Waals surface area contributed by atoms with Gasteiger partial charge in [0.05, 0.1) is 5.56 Å². The van der Waals surface area contributed by atoms with Gasteiger partial charge in [0.2, 0.25) is 0 Å². The van der Waals surface area contributed by atoms with E-state index in [-0.39, 0.29) is 18.9 Å². The number of alkyl halides is 3. The summed E-state index contributed by atoms with van der Waals surface area (Å²) < 4.78 is 33.2. The van der Waals surface area contributed by atoms with Crippen molar-refractivity contribution in [2.24, 2.45) is 0 Å². The average Bonchev–Trinajstić information content (AvgIpc) is 2.65. The molecule has 150 valence electrons. The lowest BCUT2D eigenvalue weighted by Crippen LogP contribution is -2.39. The molecule has 1 aromatic carbocycles. The first-order valence-corrected chi connectivity index (χ1v) is 7.79. The van der Waals surface area contributed by atoms with Crippen molar-refractivity contribution in [3.05, 3.63) is 59.9 Å². The molecule has 28 heavy (non-hydrogen) atoms. The Morgan fingerprint density at radius 3 is 2.14 bits per heavy atom. The molecule has 0 atom stereocenters. The zero-order valence-corrected chi connectivity index (χ0v) is 14.4. The fourth-order valence-corrected chi connectivity index (χ4v) is 1.74. The Balaban J connectivity index is 0.000000480. The number of halogens is 3. The van der Waals surface area contributed by atoms with E-state index >= 15 is 0 Å². The van der Waals surface area contributed by atoms with Crippen LogP contribution in [0.2, 0.25) is 0 Å². The van der Waals surface area contributed by atoms with Gasteiger partial charge >= 0.3 is 18.1 Å². The third kappa shape index (κ3) is 8.74.